The van der Waals surface area contributed by atoms with Crippen molar-refractivity contribution in [1.29, 1.82) is 0 Å². The quantitative estimate of drug-likeness (QED) is 0.866. The van der Waals surface area contributed by atoms with Gasteiger partial charge < -0.3 is 10.5 Å². The van der Waals surface area contributed by atoms with Gasteiger partial charge in [-0.2, -0.15) is 0 Å². The lowest BCUT2D eigenvalue weighted by Gasteiger charge is -2.16. The van der Waals surface area contributed by atoms with E-state index in [1.807, 2.05) is 19.9 Å². The monoisotopic (exact) mass is 234 g/mol. The van der Waals surface area contributed by atoms with Gasteiger partial charge in [0.05, 0.1) is 6.10 Å². The Labute approximate surface area is 104 Å². The molecule has 1 aliphatic rings. The minimum Gasteiger partial charge on any atom is -0.491 e. The molecular formula is C14H22N2O. The fraction of sp³-hybridized carbons (Fsp3) is 0.571. The van der Waals surface area contributed by atoms with Gasteiger partial charge in [0.25, 0.3) is 0 Å². The number of hydrogen-bond donors (Lipinski definition) is 1. The van der Waals surface area contributed by atoms with Crippen molar-refractivity contribution in [2.24, 2.45) is 5.73 Å². The molecule has 1 fully saturated rings. The summed E-state index contributed by atoms with van der Waals surface area (Å²) in [6.07, 6.45) is 1.34. The smallest absolute Gasteiger partial charge is 0.120 e. The van der Waals surface area contributed by atoms with Gasteiger partial charge in [-0.3, -0.25) is 4.90 Å². The summed E-state index contributed by atoms with van der Waals surface area (Å²) in [6, 6.07) is 8.70. The molecule has 2 rings (SSSR count). The summed E-state index contributed by atoms with van der Waals surface area (Å²) in [5.41, 5.74) is 7.21. The molecule has 2 N–H and O–H groups in total. The highest BCUT2D eigenvalue weighted by Crippen LogP contribution is 2.18. The van der Waals surface area contributed by atoms with Gasteiger partial charge in [0.1, 0.15) is 5.75 Å². The minimum atomic E-state index is 0.227. The number of likely N-dealkylation sites (tertiary alicyclic amines) is 1. The maximum Gasteiger partial charge on any atom is 0.120 e. The molecule has 1 aromatic rings. The topological polar surface area (TPSA) is 38.5 Å². The Balaban J connectivity index is 1.96. The predicted molar refractivity (Wildman–Crippen MR) is 70.1 cm³/mol. The average molecular weight is 234 g/mol. The third kappa shape index (κ3) is 3.72. The SMILES string of the molecule is CC(C)Oc1cccc(CN2CCC(N)C2)c1. The molecule has 1 atom stereocenters. The van der Waals surface area contributed by atoms with Crippen LogP contribution in [0.15, 0.2) is 24.3 Å². The van der Waals surface area contributed by atoms with Gasteiger partial charge in [-0.15, -0.1) is 0 Å². The lowest BCUT2D eigenvalue weighted by atomic mass is 10.2. The van der Waals surface area contributed by atoms with Crippen LogP contribution in [-0.2, 0) is 6.54 Å². The van der Waals surface area contributed by atoms with Gasteiger partial charge in [-0.05, 0) is 38.0 Å². The van der Waals surface area contributed by atoms with Crippen molar-refractivity contribution < 1.29 is 4.74 Å². The van der Waals surface area contributed by atoms with Crippen LogP contribution in [0.25, 0.3) is 0 Å². The second kappa shape index (κ2) is 5.52. The number of benzene rings is 1. The van der Waals surface area contributed by atoms with Crippen LogP contribution in [-0.4, -0.2) is 30.1 Å². The minimum absolute atomic E-state index is 0.227. The molecule has 1 aliphatic heterocycles. The first-order valence-corrected chi connectivity index (χ1v) is 6.37. The van der Waals surface area contributed by atoms with Gasteiger partial charge in [-0.1, -0.05) is 12.1 Å². The summed E-state index contributed by atoms with van der Waals surface area (Å²) in [5.74, 6) is 0.959. The molecule has 0 aromatic heterocycles. The first kappa shape index (κ1) is 12.4. The van der Waals surface area contributed by atoms with E-state index in [0.29, 0.717) is 6.04 Å². The van der Waals surface area contributed by atoms with Crippen molar-refractivity contribution in [3.05, 3.63) is 29.8 Å². The van der Waals surface area contributed by atoms with Gasteiger partial charge in [0.15, 0.2) is 0 Å². The summed E-state index contributed by atoms with van der Waals surface area (Å²) < 4.78 is 5.70. The summed E-state index contributed by atoms with van der Waals surface area (Å²) in [4.78, 5) is 2.40. The molecule has 0 saturated carbocycles. The first-order valence-electron chi connectivity index (χ1n) is 6.37. The van der Waals surface area contributed by atoms with Crippen LogP contribution in [0.4, 0.5) is 0 Å². The molecule has 0 bridgehead atoms. The summed E-state index contributed by atoms with van der Waals surface area (Å²) in [5, 5.41) is 0. The molecule has 3 nitrogen and oxygen atoms in total. The maximum absolute atomic E-state index is 5.91. The van der Waals surface area contributed by atoms with Crippen molar-refractivity contribution >= 4 is 0 Å². The largest absolute Gasteiger partial charge is 0.491 e. The van der Waals surface area contributed by atoms with E-state index in [9.17, 15) is 0 Å². The lowest BCUT2D eigenvalue weighted by molar-refractivity contribution is 0.241. The number of ether oxygens (including phenoxy) is 1. The fourth-order valence-electron chi connectivity index (χ4n) is 2.25. The van der Waals surface area contributed by atoms with Gasteiger partial charge in [0, 0.05) is 25.7 Å². The van der Waals surface area contributed by atoms with E-state index in [-0.39, 0.29) is 6.10 Å². The normalized spacial score (nSPS) is 21.1. The lowest BCUT2D eigenvalue weighted by Crippen LogP contribution is -2.26. The number of rotatable bonds is 4. The van der Waals surface area contributed by atoms with Crippen molar-refractivity contribution in [3.8, 4) is 5.75 Å². The molecule has 17 heavy (non-hydrogen) atoms. The third-order valence-corrected chi connectivity index (χ3v) is 2.99. The molecule has 1 unspecified atom stereocenters. The summed E-state index contributed by atoms with van der Waals surface area (Å²) in [6.45, 7) is 7.19. The van der Waals surface area contributed by atoms with E-state index >= 15 is 0 Å². The van der Waals surface area contributed by atoms with Crippen LogP contribution < -0.4 is 10.5 Å². The molecule has 0 aliphatic carbocycles. The zero-order valence-electron chi connectivity index (χ0n) is 10.7. The Morgan fingerprint density at radius 3 is 2.94 bits per heavy atom. The van der Waals surface area contributed by atoms with Gasteiger partial charge in [0.2, 0.25) is 0 Å². The molecule has 3 heteroatoms. The van der Waals surface area contributed by atoms with E-state index in [1.54, 1.807) is 0 Å². The molecule has 1 heterocycles. The highest BCUT2D eigenvalue weighted by atomic mass is 16.5. The van der Waals surface area contributed by atoms with E-state index in [2.05, 4.69) is 23.1 Å². The Bertz CT molecular complexity index is 365. The summed E-state index contributed by atoms with van der Waals surface area (Å²) >= 11 is 0. The Morgan fingerprint density at radius 2 is 2.29 bits per heavy atom. The first-order chi connectivity index (χ1) is 8.13. The highest BCUT2D eigenvalue weighted by Gasteiger charge is 2.18. The molecule has 0 radical (unpaired) electrons. The number of hydrogen-bond acceptors (Lipinski definition) is 3. The third-order valence-electron chi connectivity index (χ3n) is 2.99. The number of nitrogens with zero attached hydrogens (tertiary/aromatic N) is 1. The Kier molecular flexibility index (Phi) is 4.02. The van der Waals surface area contributed by atoms with E-state index < -0.39 is 0 Å². The zero-order chi connectivity index (χ0) is 12.3. The van der Waals surface area contributed by atoms with Crippen LogP contribution in [0.5, 0.6) is 5.75 Å². The molecule has 1 aromatic carbocycles. The van der Waals surface area contributed by atoms with E-state index in [4.69, 9.17) is 10.5 Å². The standard InChI is InChI=1S/C14H22N2O/c1-11(2)17-14-5-3-4-12(8-14)9-16-7-6-13(15)10-16/h3-5,8,11,13H,6-7,9-10,15H2,1-2H3. The number of nitrogens with two attached hydrogens (primary N) is 1. The van der Waals surface area contributed by atoms with Gasteiger partial charge >= 0.3 is 0 Å². The molecule has 0 spiro atoms. The van der Waals surface area contributed by atoms with Crippen LogP contribution in [0.2, 0.25) is 0 Å². The molecule has 0 amide bonds. The average Bonchev–Trinajstić information content (AvgIpc) is 2.63. The highest BCUT2D eigenvalue weighted by molar-refractivity contribution is 5.28. The van der Waals surface area contributed by atoms with E-state index in [1.165, 1.54) is 5.56 Å². The molecular weight excluding hydrogens is 212 g/mol. The fourth-order valence-corrected chi connectivity index (χ4v) is 2.25. The van der Waals surface area contributed by atoms with Crippen LogP contribution in [0.3, 0.4) is 0 Å². The van der Waals surface area contributed by atoms with Crippen LogP contribution in [0.1, 0.15) is 25.8 Å². The Morgan fingerprint density at radius 1 is 1.47 bits per heavy atom. The second-order valence-corrected chi connectivity index (χ2v) is 5.10. The van der Waals surface area contributed by atoms with Crippen LogP contribution >= 0.6 is 0 Å². The van der Waals surface area contributed by atoms with E-state index in [0.717, 1.165) is 31.8 Å². The van der Waals surface area contributed by atoms with Gasteiger partial charge in [-0.25, -0.2) is 0 Å². The van der Waals surface area contributed by atoms with Crippen molar-refractivity contribution in [2.45, 2.75) is 39.0 Å². The zero-order valence-corrected chi connectivity index (χ0v) is 10.7. The van der Waals surface area contributed by atoms with Crippen LogP contribution in [0, 0.1) is 0 Å². The Hall–Kier alpha value is -1.06. The molecule has 94 valence electrons. The molecule has 1 saturated heterocycles. The summed E-state index contributed by atoms with van der Waals surface area (Å²) in [7, 11) is 0. The maximum atomic E-state index is 5.91. The predicted octanol–water partition coefficient (Wildman–Crippen LogP) is 2.01. The van der Waals surface area contributed by atoms with Crippen molar-refractivity contribution in [1.82, 2.24) is 4.90 Å². The van der Waals surface area contributed by atoms with Crippen molar-refractivity contribution in [3.63, 3.8) is 0 Å². The van der Waals surface area contributed by atoms with Crippen molar-refractivity contribution in [2.75, 3.05) is 13.1 Å². The second-order valence-electron chi connectivity index (χ2n) is 5.10.